The maximum atomic E-state index is 13.0. The Morgan fingerprint density at radius 2 is 2.12 bits per heavy atom. The molecule has 0 spiro atoms. The molecule has 9 heteroatoms. The molecule has 1 aromatic rings. The molecule has 2 N–H and O–H groups in total. The number of methoxy groups -OCH3 is 2. The van der Waals surface area contributed by atoms with E-state index in [0.29, 0.717) is 25.1 Å². The Morgan fingerprint density at radius 3 is 2.76 bits per heavy atom. The standard InChI is InChI=1S/C16H24N2O6S/c1-23-13-5-6-14(24-2)15(10-13)25(21,22)18-8-3-4-12(11-18)16(20)17-7-9-19/h5-6,10,12,19H,3-4,7-9,11H2,1-2H3,(H,17,20). The molecule has 1 aliphatic rings. The molecule has 0 radical (unpaired) electrons. The summed E-state index contributed by atoms with van der Waals surface area (Å²) in [5.41, 5.74) is 0. The summed E-state index contributed by atoms with van der Waals surface area (Å²) in [6, 6.07) is 4.59. The fourth-order valence-electron chi connectivity index (χ4n) is 2.82. The number of aliphatic hydroxyl groups excluding tert-OH is 1. The van der Waals surface area contributed by atoms with Gasteiger partial charge in [0, 0.05) is 25.7 Å². The molecule has 1 aromatic carbocycles. The first-order valence-electron chi connectivity index (χ1n) is 8.04. The summed E-state index contributed by atoms with van der Waals surface area (Å²) in [7, 11) is -0.961. The van der Waals surface area contributed by atoms with E-state index in [9.17, 15) is 13.2 Å². The zero-order valence-corrected chi connectivity index (χ0v) is 15.2. The number of nitrogens with one attached hydrogen (secondary N) is 1. The number of rotatable bonds is 7. The fraction of sp³-hybridized carbons (Fsp3) is 0.562. The maximum absolute atomic E-state index is 13.0. The Balaban J connectivity index is 2.25. The van der Waals surface area contributed by atoms with Crippen LogP contribution in [0.3, 0.4) is 0 Å². The minimum absolute atomic E-state index is 0.0192. The summed E-state index contributed by atoms with van der Waals surface area (Å²) in [4.78, 5) is 12.1. The number of carbonyl (C=O) groups is 1. The summed E-state index contributed by atoms with van der Waals surface area (Å²) < 4.78 is 37.7. The monoisotopic (exact) mass is 372 g/mol. The Kier molecular flexibility index (Phi) is 6.63. The highest BCUT2D eigenvalue weighted by Crippen LogP contribution is 2.32. The molecule has 1 saturated heterocycles. The molecule has 1 fully saturated rings. The summed E-state index contributed by atoms with van der Waals surface area (Å²) in [5, 5.41) is 11.4. The van der Waals surface area contributed by atoms with E-state index < -0.39 is 15.9 Å². The first-order valence-corrected chi connectivity index (χ1v) is 9.48. The van der Waals surface area contributed by atoms with Crippen LogP contribution in [0.5, 0.6) is 11.5 Å². The SMILES string of the molecule is COc1ccc(OC)c(S(=O)(=O)N2CCCC(C(=O)NCCO)C2)c1. The van der Waals surface area contributed by atoms with Gasteiger partial charge in [0.05, 0.1) is 26.7 Å². The lowest BCUT2D eigenvalue weighted by Gasteiger charge is -2.31. The normalized spacial score (nSPS) is 18.6. The molecule has 1 aliphatic heterocycles. The van der Waals surface area contributed by atoms with Gasteiger partial charge in [-0.05, 0) is 25.0 Å². The minimum atomic E-state index is -3.83. The number of benzene rings is 1. The molecule has 1 heterocycles. The van der Waals surface area contributed by atoms with Crippen molar-refractivity contribution in [2.24, 2.45) is 5.92 Å². The highest BCUT2D eigenvalue weighted by molar-refractivity contribution is 7.89. The Morgan fingerprint density at radius 1 is 1.36 bits per heavy atom. The summed E-state index contributed by atoms with van der Waals surface area (Å²) in [5.74, 6) is -0.0421. The van der Waals surface area contributed by atoms with Gasteiger partial charge in [0.15, 0.2) is 0 Å². The minimum Gasteiger partial charge on any atom is -0.497 e. The Bertz CT molecular complexity index is 707. The number of piperidine rings is 1. The number of hydrogen-bond acceptors (Lipinski definition) is 6. The number of amides is 1. The van der Waals surface area contributed by atoms with Gasteiger partial charge in [-0.25, -0.2) is 8.42 Å². The predicted octanol–water partition coefficient (Wildman–Crippen LogP) is 0.213. The van der Waals surface area contributed by atoms with Gasteiger partial charge >= 0.3 is 0 Å². The molecule has 2 rings (SSSR count). The molecule has 0 aliphatic carbocycles. The van der Waals surface area contributed by atoms with Crippen LogP contribution in [-0.4, -0.2) is 64.2 Å². The highest BCUT2D eigenvalue weighted by atomic mass is 32.2. The second-order valence-corrected chi connectivity index (χ2v) is 7.64. The lowest BCUT2D eigenvalue weighted by molar-refractivity contribution is -0.126. The molecule has 1 amide bonds. The molecule has 0 aromatic heterocycles. The molecule has 1 unspecified atom stereocenters. The lowest BCUT2D eigenvalue weighted by atomic mass is 9.99. The predicted molar refractivity (Wildman–Crippen MR) is 91.1 cm³/mol. The van der Waals surface area contributed by atoms with E-state index in [1.54, 1.807) is 12.1 Å². The van der Waals surface area contributed by atoms with Gasteiger partial charge in [0.25, 0.3) is 0 Å². The van der Waals surface area contributed by atoms with Gasteiger partial charge < -0.3 is 19.9 Å². The van der Waals surface area contributed by atoms with Crippen LogP contribution >= 0.6 is 0 Å². The number of sulfonamides is 1. The molecule has 140 valence electrons. The second kappa shape index (κ2) is 8.50. The van der Waals surface area contributed by atoms with E-state index in [2.05, 4.69) is 5.32 Å². The smallest absolute Gasteiger partial charge is 0.246 e. The lowest BCUT2D eigenvalue weighted by Crippen LogP contribution is -2.45. The van der Waals surface area contributed by atoms with E-state index in [-0.39, 0.29) is 36.2 Å². The number of aliphatic hydroxyl groups is 1. The molecule has 1 atom stereocenters. The summed E-state index contributed by atoms with van der Waals surface area (Å²) >= 11 is 0. The molecule has 8 nitrogen and oxygen atoms in total. The number of ether oxygens (including phenoxy) is 2. The van der Waals surface area contributed by atoms with Crippen molar-refractivity contribution in [3.8, 4) is 11.5 Å². The van der Waals surface area contributed by atoms with Crippen LogP contribution in [0.1, 0.15) is 12.8 Å². The number of hydrogen-bond donors (Lipinski definition) is 2. The van der Waals surface area contributed by atoms with E-state index in [1.807, 2.05) is 0 Å². The molecular weight excluding hydrogens is 348 g/mol. The molecular formula is C16H24N2O6S. The van der Waals surface area contributed by atoms with E-state index in [1.165, 1.54) is 24.6 Å². The highest BCUT2D eigenvalue weighted by Gasteiger charge is 2.35. The van der Waals surface area contributed by atoms with Crippen molar-refractivity contribution in [1.29, 1.82) is 0 Å². The summed E-state index contributed by atoms with van der Waals surface area (Å²) in [6.07, 6.45) is 1.20. The largest absolute Gasteiger partial charge is 0.497 e. The third kappa shape index (κ3) is 4.42. The van der Waals surface area contributed by atoms with Crippen LogP contribution < -0.4 is 14.8 Å². The van der Waals surface area contributed by atoms with Crippen molar-refractivity contribution >= 4 is 15.9 Å². The first-order chi connectivity index (χ1) is 11.9. The van der Waals surface area contributed by atoms with Crippen LogP contribution in [-0.2, 0) is 14.8 Å². The van der Waals surface area contributed by atoms with Gasteiger partial charge in [-0.3, -0.25) is 4.79 Å². The number of carbonyl (C=O) groups excluding carboxylic acids is 1. The van der Waals surface area contributed by atoms with Gasteiger partial charge in [-0.15, -0.1) is 0 Å². The van der Waals surface area contributed by atoms with E-state index in [4.69, 9.17) is 14.6 Å². The number of nitrogens with zero attached hydrogens (tertiary/aromatic N) is 1. The summed E-state index contributed by atoms with van der Waals surface area (Å²) in [6.45, 7) is 0.444. The topological polar surface area (TPSA) is 105 Å². The van der Waals surface area contributed by atoms with Gasteiger partial charge in [0.2, 0.25) is 15.9 Å². The van der Waals surface area contributed by atoms with Crippen LogP contribution in [0.15, 0.2) is 23.1 Å². The van der Waals surface area contributed by atoms with Gasteiger partial charge in [0.1, 0.15) is 16.4 Å². The van der Waals surface area contributed by atoms with Gasteiger partial charge in [-0.2, -0.15) is 4.31 Å². The van der Waals surface area contributed by atoms with Crippen LogP contribution in [0.25, 0.3) is 0 Å². The third-order valence-electron chi connectivity index (χ3n) is 4.15. The fourth-order valence-corrected chi connectivity index (χ4v) is 4.52. The second-order valence-electron chi connectivity index (χ2n) is 5.73. The van der Waals surface area contributed by atoms with Crippen LogP contribution in [0.2, 0.25) is 0 Å². The maximum Gasteiger partial charge on any atom is 0.246 e. The molecule has 25 heavy (non-hydrogen) atoms. The zero-order valence-electron chi connectivity index (χ0n) is 14.4. The van der Waals surface area contributed by atoms with E-state index >= 15 is 0 Å². The average Bonchev–Trinajstić information content (AvgIpc) is 2.65. The first kappa shape index (κ1) is 19.5. The van der Waals surface area contributed by atoms with E-state index in [0.717, 1.165) is 0 Å². The zero-order chi connectivity index (χ0) is 18.4. The molecule has 0 saturated carbocycles. The molecule has 0 bridgehead atoms. The van der Waals surface area contributed by atoms with Crippen molar-refractivity contribution < 1.29 is 27.8 Å². The van der Waals surface area contributed by atoms with Crippen molar-refractivity contribution in [2.75, 3.05) is 40.5 Å². The van der Waals surface area contributed by atoms with Crippen molar-refractivity contribution in [1.82, 2.24) is 9.62 Å². The van der Waals surface area contributed by atoms with Crippen LogP contribution in [0.4, 0.5) is 0 Å². The van der Waals surface area contributed by atoms with Gasteiger partial charge in [-0.1, -0.05) is 0 Å². The Labute approximate surface area is 147 Å². The van der Waals surface area contributed by atoms with Crippen LogP contribution in [0, 0.1) is 5.92 Å². The quantitative estimate of drug-likeness (QED) is 0.709. The third-order valence-corrected chi connectivity index (χ3v) is 6.04. The van der Waals surface area contributed by atoms with Crippen molar-refractivity contribution in [3.05, 3.63) is 18.2 Å². The Hall–Kier alpha value is -1.84. The van der Waals surface area contributed by atoms with Crippen molar-refractivity contribution in [2.45, 2.75) is 17.7 Å². The average molecular weight is 372 g/mol. The van der Waals surface area contributed by atoms with Crippen molar-refractivity contribution in [3.63, 3.8) is 0 Å².